The molecule has 94 valence electrons. The number of para-hydroxylation sites is 1. The second-order valence-corrected chi connectivity index (χ2v) is 3.56. The molecule has 0 amide bonds. The maximum Gasteiger partial charge on any atom is 0.360 e. The minimum absolute atomic E-state index is 0.118. The Morgan fingerprint density at radius 2 is 2.11 bits per heavy atom. The standard InChI is InChI=1S/C12H13N3O3/c13-6-7-18-10-8-15(14-11(10)12(16)17)9-4-2-1-3-5-9/h1-5,8H,6-7,13H2,(H,16,17). The first-order valence-electron chi connectivity index (χ1n) is 5.43. The van der Waals surface area contributed by atoms with E-state index in [4.69, 9.17) is 15.6 Å². The van der Waals surface area contributed by atoms with E-state index < -0.39 is 5.97 Å². The summed E-state index contributed by atoms with van der Waals surface area (Å²) in [5, 5.41) is 13.0. The summed E-state index contributed by atoms with van der Waals surface area (Å²) in [5.74, 6) is -0.909. The number of nitrogens with two attached hydrogens (primary N) is 1. The van der Waals surface area contributed by atoms with Gasteiger partial charge in [0.25, 0.3) is 0 Å². The number of benzene rings is 1. The number of ether oxygens (including phenoxy) is 1. The van der Waals surface area contributed by atoms with Crippen molar-refractivity contribution < 1.29 is 14.6 Å². The lowest BCUT2D eigenvalue weighted by Gasteiger charge is -2.00. The van der Waals surface area contributed by atoms with Crippen LogP contribution in [0.1, 0.15) is 10.5 Å². The van der Waals surface area contributed by atoms with E-state index in [2.05, 4.69) is 5.10 Å². The lowest BCUT2D eigenvalue weighted by atomic mass is 10.3. The van der Waals surface area contributed by atoms with Gasteiger partial charge < -0.3 is 15.6 Å². The smallest absolute Gasteiger partial charge is 0.360 e. The van der Waals surface area contributed by atoms with E-state index in [-0.39, 0.29) is 18.1 Å². The molecule has 2 rings (SSSR count). The van der Waals surface area contributed by atoms with E-state index in [9.17, 15) is 4.79 Å². The van der Waals surface area contributed by atoms with E-state index in [1.165, 1.54) is 10.9 Å². The van der Waals surface area contributed by atoms with Crippen LogP contribution in [-0.2, 0) is 0 Å². The SMILES string of the molecule is NCCOc1cn(-c2ccccc2)nc1C(=O)O. The molecule has 0 fully saturated rings. The summed E-state index contributed by atoms with van der Waals surface area (Å²) < 4.78 is 6.73. The molecule has 6 nitrogen and oxygen atoms in total. The fourth-order valence-electron chi connectivity index (χ4n) is 1.49. The van der Waals surface area contributed by atoms with Crippen molar-refractivity contribution in [1.29, 1.82) is 0 Å². The highest BCUT2D eigenvalue weighted by atomic mass is 16.5. The van der Waals surface area contributed by atoms with Crippen molar-refractivity contribution in [3.63, 3.8) is 0 Å². The molecule has 3 N–H and O–H groups in total. The predicted octanol–water partition coefficient (Wildman–Crippen LogP) is 0.908. The summed E-state index contributed by atoms with van der Waals surface area (Å²) in [6, 6.07) is 9.21. The summed E-state index contributed by atoms with van der Waals surface area (Å²) in [5.41, 5.74) is 5.97. The van der Waals surface area contributed by atoms with Crippen molar-refractivity contribution in [2.24, 2.45) is 5.73 Å². The summed E-state index contributed by atoms with van der Waals surface area (Å²) in [4.78, 5) is 11.0. The van der Waals surface area contributed by atoms with Gasteiger partial charge in [-0.2, -0.15) is 5.10 Å². The van der Waals surface area contributed by atoms with Gasteiger partial charge in [-0.1, -0.05) is 18.2 Å². The molecular weight excluding hydrogens is 234 g/mol. The Morgan fingerprint density at radius 1 is 1.39 bits per heavy atom. The van der Waals surface area contributed by atoms with Crippen molar-refractivity contribution in [1.82, 2.24) is 9.78 Å². The fourth-order valence-corrected chi connectivity index (χ4v) is 1.49. The molecule has 0 bridgehead atoms. The van der Waals surface area contributed by atoms with Crippen LogP contribution in [0.2, 0.25) is 0 Å². The van der Waals surface area contributed by atoms with E-state index in [1.807, 2.05) is 30.3 Å². The summed E-state index contributed by atoms with van der Waals surface area (Å²) in [6.45, 7) is 0.566. The van der Waals surface area contributed by atoms with Gasteiger partial charge in [0.2, 0.25) is 5.69 Å². The maximum atomic E-state index is 11.0. The zero-order valence-corrected chi connectivity index (χ0v) is 9.61. The first-order chi connectivity index (χ1) is 8.72. The van der Waals surface area contributed by atoms with Gasteiger partial charge in [-0.05, 0) is 12.1 Å². The van der Waals surface area contributed by atoms with Crippen LogP contribution in [0.3, 0.4) is 0 Å². The zero-order valence-electron chi connectivity index (χ0n) is 9.61. The molecule has 0 radical (unpaired) electrons. The van der Waals surface area contributed by atoms with Crippen LogP contribution in [0.15, 0.2) is 36.5 Å². The number of hydrogen-bond donors (Lipinski definition) is 2. The van der Waals surface area contributed by atoms with E-state index in [1.54, 1.807) is 0 Å². The molecule has 0 aliphatic heterocycles. The maximum absolute atomic E-state index is 11.0. The highest BCUT2D eigenvalue weighted by molar-refractivity contribution is 5.88. The average Bonchev–Trinajstić information content (AvgIpc) is 2.81. The molecule has 0 spiro atoms. The Bertz CT molecular complexity index is 537. The van der Waals surface area contributed by atoms with Gasteiger partial charge in [0.1, 0.15) is 6.61 Å². The van der Waals surface area contributed by atoms with Crippen LogP contribution in [0.5, 0.6) is 5.75 Å². The number of carboxylic acid groups (broad SMARTS) is 1. The van der Waals surface area contributed by atoms with Crippen LogP contribution >= 0.6 is 0 Å². The van der Waals surface area contributed by atoms with E-state index in [0.29, 0.717) is 6.54 Å². The lowest BCUT2D eigenvalue weighted by molar-refractivity contribution is 0.0685. The number of carboxylic acids is 1. The first kappa shape index (κ1) is 12.1. The van der Waals surface area contributed by atoms with Crippen molar-refractivity contribution in [3.8, 4) is 11.4 Å². The molecule has 0 saturated carbocycles. The molecule has 6 heteroatoms. The van der Waals surface area contributed by atoms with Crippen LogP contribution in [0.4, 0.5) is 0 Å². The third kappa shape index (κ3) is 2.49. The van der Waals surface area contributed by atoms with Crippen molar-refractivity contribution >= 4 is 5.97 Å². The second-order valence-electron chi connectivity index (χ2n) is 3.56. The third-order valence-electron chi connectivity index (χ3n) is 2.28. The van der Waals surface area contributed by atoms with Gasteiger partial charge >= 0.3 is 5.97 Å². The summed E-state index contributed by atoms with van der Waals surface area (Å²) in [7, 11) is 0. The monoisotopic (exact) mass is 247 g/mol. The van der Waals surface area contributed by atoms with Gasteiger partial charge in [0.15, 0.2) is 5.75 Å². The highest BCUT2D eigenvalue weighted by Crippen LogP contribution is 2.19. The topological polar surface area (TPSA) is 90.4 Å². The van der Waals surface area contributed by atoms with Crippen molar-refractivity contribution in [2.75, 3.05) is 13.2 Å². The Hall–Kier alpha value is -2.34. The van der Waals surface area contributed by atoms with Gasteiger partial charge in [-0.15, -0.1) is 0 Å². The normalized spacial score (nSPS) is 10.3. The molecule has 0 atom stereocenters. The molecule has 0 saturated heterocycles. The van der Waals surface area contributed by atoms with E-state index >= 15 is 0 Å². The first-order valence-corrected chi connectivity index (χ1v) is 5.43. The minimum atomic E-state index is -1.13. The van der Waals surface area contributed by atoms with Crippen LogP contribution in [-0.4, -0.2) is 34.0 Å². The summed E-state index contributed by atoms with van der Waals surface area (Å²) >= 11 is 0. The van der Waals surface area contributed by atoms with Gasteiger partial charge in [0.05, 0.1) is 11.9 Å². The number of rotatable bonds is 5. The third-order valence-corrected chi connectivity index (χ3v) is 2.28. The number of aromatic carboxylic acids is 1. The molecular formula is C12H13N3O3. The van der Waals surface area contributed by atoms with Crippen LogP contribution in [0.25, 0.3) is 5.69 Å². The highest BCUT2D eigenvalue weighted by Gasteiger charge is 2.17. The second kappa shape index (κ2) is 5.33. The van der Waals surface area contributed by atoms with Crippen molar-refractivity contribution in [3.05, 3.63) is 42.2 Å². The molecule has 0 aliphatic carbocycles. The molecule has 2 aromatic rings. The Labute approximate surface area is 104 Å². The average molecular weight is 247 g/mol. The molecule has 0 aliphatic rings. The number of aromatic nitrogens is 2. The van der Waals surface area contributed by atoms with Crippen molar-refractivity contribution in [2.45, 2.75) is 0 Å². The largest absolute Gasteiger partial charge is 0.488 e. The van der Waals surface area contributed by atoms with Gasteiger partial charge in [-0.3, -0.25) is 0 Å². The zero-order chi connectivity index (χ0) is 13.0. The van der Waals surface area contributed by atoms with Gasteiger partial charge in [-0.25, -0.2) is 9.48 Å². The summed E-state index contributed by atoms with van der Waals surface area (Å²) in [6.07, 6.45) is 1.54. The Balaban J connectivity index is 2.36. The minimum Gasteiger partial charge on any atom is -0.488 e. The predicted molar refractivity (Wildman–Crippen MR) is 65.1 cm³/mol. The van der Waals surface area contributed by atoms with Gasteiger partial charge in [0, 0.05) is 6.54 Å². The van der Waals surface area contributed by atoms with Crippen LogP contribution in [0, 0.1) is 0 Å². The quantitative estimate of drug-likeness (QED) is 0.819. The molecule has 18 heavy (non-hydrogen) atoms. The number of nitrogens with zero attached hydrogens (tertiary/aromatic N) is 2. The Kier molecular flexibility index (Phi) is 3.59. The molecule has 1 aromatic heterocycles. The number of hydrogen-bond acceptors (Lipinski definition) is 4. The molecule has 0 unspecified atom stereocenters. The lowest BCUT2D eigenvalue weighted by Crippen LogP contribution is -2.12. The van der Waals surface area contributed by atoms with Crippen LogP contribution < -0.4 is 10.5 Å². The molecule has 1 aromatic carbocycles. The Morgan fingerprint density at radius 3 is 2.72 bits per heavy atom. The van der Waals surface area contributed by atoms with E-state index in [0.717, 1.165) is 5.69 Å². The fraction of sp³-hybridized carbons (Fsp3) is 0.167. The number of carbonyl (C=O) groups is 1. The molecule has 1 heterocycles.